The van der Waals surface area contributed by atoms with Gasteiger partial charge in [-0.2, -0.15) is 0 Å². The Morgan fingerprint density at radius 1 is 1.20 bits per heavy atom. The second-order valence-corrected chi connectivity index (χ2v) is 6.57. The summed E-state index contributed by atoms with van der Waals surface area (Å²) in [6, 6.07) is 6.35. The third-order valence-corrected chi connectivity index (χ3v) is 4.70. The molecule has 0 amide bonds. The predicted octanol–water partition coefficient (Wildman–Crippen LogP) is 3.70. The van der Waals surface area contributed by atoms with Gasteiger partial charge in [-0.3, -0.25) is 0 Å². The van der Waals surface area contributed by atoms with Crippen molar-refractivity contribution in [2.45, 2.75) is 38.8 Å². The Labute approximate surface area is 127 Å². The van der Waals surface area contributed by atoms with Crippen LogP contribution in [0, 0.1) is 6.92 Å². The lowest BCUT2D eigenvalue weighted by atomic mass is 10.1. The summed E-state index contributed by atoms with van der Waals surface area (Å²) in [5, 5.41) is 3.40. The molecule has 4 rings (SSSR count). The van der Waals surface area contributed by atoms with Crippen molar-refractivity contribution in [1.82, 2.24) is 15.3 Å². The third kappa shape index (κ3) is 2.07. The number of rotatable bonds is 2. The van der Waals surface area contributed by atoms with E-state index < -0.39 is 0 Å². The van der Waals surface area contributed by atoms with Crippen molar-refractivity contribution in [2.75, 3.05) is 0 Å². The Morgan fingerprint density at radius 2 is 2.05 bits per heavy atom. The Kier molecular flexibility index (Phi) is 2.89. The summed E-state index contributed by atoms with van der Waals surface area (Å²) in [5.41, 5.74) is 6.14. The number of hydrogen-bond donors (Lipinski definition) is 1. The zero-order valence-electron chi connectivity index (χ0n) is 11.4. The molecule has 0 unspecified atom stereocenters. The average molecular weight is 330 g/mol. The molecule has 2 heterocycles. The molecule has 1 aliphatic heterocycles. The van der Waals surface area contributed by atoms with Gasteiger partial charge in [-0.1, -0.05) is 22.0 Å². The molecule has 0 saturated heterocycles. The zero-order chi connectivity index (χ0) is 13.7. The molecule has 1 aromatic carbocycles. The lowest BCUT2D eigenvalue weighted by Crippen LogP contribution is -2.03. The van der Waals surface area contributed by atoms with Crippen LogP contribution in [-0.4, -0.2) is 9.97 Å². The van der Waals surface area contributed by atoms with Crippen LogP contribution in [0.4, 0.5) is 0 Å². The van der Waals surface area contributed by atoms with Gasteiger partial charge in [0.25, 0.3) is 0 Å². The van der Waals surface area contributed by atoms with Crippen molar-refractivity contribution in [3.8, 4) is 11.4 Å². The zero-order valence-corrected chi connectivity index (χ0v) is 13.0. The largest absolute Gasteiger partial charge is 0.307 e. The minimum atomic E-state index is 0.662. The number of benzene rings is 1. The van der Waals surface area contributed by atoms with Gasteiger partial charge >= 0.3 is 0 Å². The van der Waals surface area contributed by atoms with Crippen LogP contribution in [-0.2, 0) is 13.1 Å². The molecular formula is C16H16BrN3. The molecule has 1 fully saturated rings. The van der Waals surface area contributed by atoms with Gasteiger partial charge in [0, 0.05) is 34.6 Å². The van der Waals surface area contributed by atoms with E-state index in [4.69, 9.17) is 9.97 Å². The predicted molar refractivity (Wildman–Crippen MR) is 82.4 cm³/mol. The summed E-state index contributed by atoms with van der Waals surface area (Å²) in [7, 11) is 0. The second kappa shape index (κ2) is 4.64. The number of hydrogen-bond acceptors (Lipinski definition) is 3. The second-order valence-electron chi connectivity index (χ2n) is 5.72. The van der Waals surface area contributed by atoms with Crippen LogP contribution in [0.5, 0.6) is 0 Å². The van der Waals surface area contributed by atoms with Crippen LogP contribution in [0.1, 0.15) is 41.3 Å². The fourth-order valence-electron chi connectivity index (χ4n) is 2.81. The number of halogens is 1. The van der Waals surface area contributed by atoms with Crippen LogP contribution >= 0.6 is 15.9 Å². The first-order valence-electron chi connectivity index (χ1n) is 7.09. The summed E-state index contributed by atoms with van der Waals surface area (Å²) >= 11 is 3.65. The summed E-state index contributed by atoms with van der Waals surface area (Å²) in [6.07, 6.45) is 2.55. The molecule has 1 aliphatic carbocycles. The Balaban J connectivity index is 1.88. The molecule has 0 atom stereocenters. The lowest BCUT2D eigenvalue weighted by Gasteiger charge is -2.10. The number of nitrogens with zero attached hydrogens (tertiary/aromatic N) is 2. The molecular weight excluding hydrogens is 314 g/mol. The highest BCUT2D eigenvalue weighted by atomic mass is 79.9. The number of nitrogens with one attached hydrogen (secondary N) is 1. The molecule has 20 heavy (non-hydrogen) atoms. The molecule has 2 aromatic rings. The molecule has 3 nitrogen and oxygen atoms in total. The summed E-state index contributed by atoms with van der Waals surface area (Å²) in [4.78, 5) is 9.67. The summed E-state index contributed by atoms with van der Waals surface area (Å²) in [5.74, 6) is 1.52. The maximum atomic E-state index is 4.89. The topological polar surface area (TPSA) is 37.8 Å². The summed E-state index contributed by atoms with van der Waals surface area (Å²) < 4.78 is 1.07. The van der Waals surface area contributed by atoms with Gasteiger partial charge in [-0.15, -0.1) is 0 Å². The standard InChI is InChI=1S/C16H16BrN3/c1-9-2-5-11(13(17)6-9)16-19-14-8-18-7-12(14)15(20-16)10-3-4-10/h2,5-6,10,18H,3-4,7-8H2,1H3. The van der Waals surface area contributed by atoms with Gasteiger partial charge in [-0.25, -0.2) is 9.97 Å². The van der Waals surface area contributed by atoms with E-state index >= 15 is 0 Å². The van der Waals surface area contributed by atoms with Crippen molar-refractivity contribution < 1.29 is 0 Å². The van der Waals surface area contributed by atoms with Gasteiger partial charge in [0.1, 0.15) is 0 Å². The highest BCUT2D eigenvalue weighted by Crippen LogP contribution is 2.42. The Hall–Kier alpha value is -1.26. The molecule has 0 spiro atoms. The summed E-state index contributed by atoms with van der Waals surface area (Å²) in [6.45, 7) is 3.89. The Bertz CT molecular complexity index is 692. The SMILES string of the molecule is Cc1ccc(-c2nc3c(c(C4CC4)n2)CNC3)c(Br)c1. The number of aromatic nitrogens is 2. The first-order valence-corrected chi connectivity index (χ1v) is 7.88. The van der Waals surface area contributed by atoms with Gasteiger partial charge in [0.15, 0.2) is 5.82 Å². The average Bonchev–Trinajstić information content (AvgIpc) is 3.15. The molecule has 1 saturated carbocycles. The van der Waals surface area contributed by atoms with E-state index in [-0.39, 0.29) is 0 Å². The first kappa shape index (κ1) is 12.5. The molecule has 0 radical (unpaired) electrons. The number of fused-ring (bicyclic) bond motifs is 1. The van der Waals surface area contributed by atoms with Crippen LogP contribution in [0.15, 0.2) is 22.7 Å². The van der Waals surface area contributed by atoms with Crippen molar-refractivity contribution in [2.24, 2.45) is 0 Å². The van der Waals surface area contributed by atoms with Gasteiger partial charge in [0.05, 0.1) is 11.4 Å². The third-order valence-electron chi connectivity index (χ3n) is 4.05. The fraction of sp³-hybridized carbons (Fsp3) is 0.375. The molecule has 102 valence electrons. The van der Waals surface area contributed by atoms with E-state index in [9.17, 15) is 0 Å². The molecule has 1 N–H and O–H groups in total. The van der Waals surface area contributed by atoms with Crippen molar-refractivity contribution in [3.05, 3.63) is 45.2 Å². The Morgan fingerprint density at radius 3 is 2.80 bits per heavy atom. The molecule has 1 aromatic heterocycles. The quantitative estimate of drug-likeness (QED) is 0.912. The van der Waals surface area contributed by atoms with Crippen LogP contribution in [0.25, 0.3) is 11.4 Å². The maximum Gasteiger partial charge on any atom is 0.160 e. The maximum absolute atomic E-state index is 4.89. The van der Waals surface area contributed by atoms with E-state index in [0.717, 1.165) is 29.0 Å². The van der Waals surface area contributed by atoms with E-state index in [0.29, 0.717) is 5.92 Å². The van der Waals surface area contributed by atoms with Crippen LogP contribution < -0.4 is 5.32 Å². The normalized spacial score (nSPS) is 17.3. The highest BCUT2D eigenvalue weighted by Gasteiger charge is 2.31. The van der Waals surface area contributed by atoms with Gasteiger partial charge < -0.3 is 5.32 Å². The van der Waals surface area contributed by atoms with Gasteiger partial charge in [0.2, 0.25) is 0 Å². The molecule has 2 aliphatic rings. The monoisotopic (exact) mass is 329 g/mol. The van der Waals surface area contributed by atoms with E-state index in [1.54, 1.807) is 0 Å². The molecule has 4 heteroatoms. The van der Waals surface area contributed by atoms with E-state index in [2.05, 4.69) is 46.4 Å². The van der Waals surface area contributed by atoms with Crippen LogP contribution in [0.2, 0.25) is 0 Å². The fourth-order valence-corrected chi connectivity index (χ4v) is 3.48. The number of aryl methyl sites for hydroxylation is 1. The van der Waals surface area contributed by atoms with Gasteiger partial charge in [-0.05, 0) is 37.5 Å². The van der Waals surface area contributed by atoms with E-state index in [1.165, 1.54) is 35.4 Å². The minimum absolute atomic E-state index is 0.662. The molecule has 0 bridgehead atoms. The van der Waals surface area contributed by atoms with Crippen molar-refractivity contribution in [3.63, 3.8) is 0 Å². The minimum Gasteiger partial charge on any atom is -0.307 e. The van der Waals surface area contributed by atoms with Crippen molar-refractivity contribution >= 4 is 15.9 Å². The van der Waals surface area contributed by atoms with E-state index in [1.807, 2.05) is 0 Å². The lowest BCUT2D eigenvalue weighted by molar-refractivity contribution is 0.755. The van der Waals surface area contributed by atoms with Crippen LogP contribution in [0.3, 0.4) is 0 Å². The van der Waals surface area contributed by atoms with Crippen molar-refractivity contribution in [1.29, 1.82) is 0 Å². The first-order chi connectivity index (χ1) is 9.72. The highest BCUT2D eigenvalue weighted by molar-refractivity contribution is 9.10. The smallest absolute Gasteiger partial charge is 0.160 e.